The summed E-state index contributed by atoms with van der Waals surface area (Å²) >= 11 is 6.98. The third kappa shape index (κ3) is 4.26. The van der Waals surface area contributed by atoms with Crippen molar-refractivity contribution in [2.24, 2.45) is 0 Å². The molecule has 1 amide bonds. The highest BCUT2D eigenvalue weighted by molar-refractivity contribution is 9.10. The maximum absolute atomic E-state index is 13.2. The maximum atomic E-state index is 13.2. The number of carbonyl (C=O) groups is 1. The van der Waals surface area contributed by atoms with Crippen LogP contribution in [0.1, 0.15) is 15.9 Å². The van der Waals surface area contributed by atoms with E-state index in [0.29, 0.717) is 23.5 Å². The number of halogens is 2. The minimum absolute atomic E-state index is 0.165. The highest BCUT2D eigenvalue weighted by Gasteiger charge is 2.20. The summed E-state index contributed by atoms with van der Waals surface area (Å²) in [7, 11) is 0. The molecule has 0 saturated heterocycles. The molecule has 0 aliphatic heterocycles. The van der Waals surface area contributed by atoms with Gasteiger partial charge in [-0.15, -0.1) is 0 Å². The van der Waals surface area contributed by atoms with E-state index in [1.807, 2.05) is 48.5 Å². The number of amides is 1. The summed E-state index contributed by atoms with van der Waals surface area (Å²) in [5, 5.41) is 0. The first-order valence-corrected chi connectivity index (χ1v) is 9.49. The Morgan fingerprint density at radius 2 is 1.50 bits per heavy atom. The Bertz CT molecular complexity index is 922. The predicted octanol–water partition coefficient (Wildman–Crippen LogP) is 5.22. The summed E-state index contributed by atoms with van der Waals surface area (Å²) < 4.78 is 1.89. The van der Waals surface area contributed by atoms with Gasteiger partial charge in [-0.25, -0.2) is 0 Å². The van der Waals surface area contributed by atoms with Crippen molar-refractivity contribution < 1.29 is 4.79 Å². The van der Waals surface area contributed by atoms with Crippen molar-refractivity contribution >= 4 is 54.8 Å². The lowest BCUT2D eigenvalue weighted by Gasteiger charge is -2.24. The van der Waals surface area contributed by atoms with Gasteiger partial charge in [0.25, 0.3) is 5.91 Å². The monoisotopic (exact) mass is 473 g/mol. The van der Waals surface area contributed by atoms with Crippen LogP contribution in [0.15, 0.2) is 75.7 Å². The zero-order chi connectivity index (χ0) is 18.7. The van der Waals surface area contributed by atoms with Crippen LogP contribution in [0.2, 0.25) is 0 Å². The van der Waals surface area contributed by atoms with Crippen LogP contribution in [-0.4, -0.2) is 5.91 Å². The molecule has 0 radical (unpaired) electrons. The fraction of sp³-hybridized carbons (Fsp3) is 0.0500. The number of nitrogens with zero attached hydrogens (tertiary/aromatic N) is 1. The first-order chi connectivity index (χ1) is 12.4. The summed E-state index contributed by atoms with van der Waals surface area (Å²) in [5.41, 5.74) is 14.9. The standard InChI is InChI=1S/C20H17Br2N3O/c21-15-5-7-18(8-6-15)25(12-13-3-1-2-4-19(13)22)20(26)14-9-16(23)11-17(24)10-14/h1-11H,12,23-24H2. The van der Waals surface area contributed by atoms with Crippen LogP contribution in [0.3, 0.4) is 0 Å². The highest BCUT2D eigenvalue weighted by atomic mass is 79.9. The van der Waals surface area contributed by atoms with Gasteiger partial charge in [-0.1, -0.05) is 50.1 Å². The molecule has 3 aromatic rings. The topological polar surface area (TPSA) is 72.3 Å². The number of benzene rings is 3. The van der Waals surface area contributed by atoms with Gasteiger partial charge in [0, 0.05) is 31.6 Å². The number of nitrogens with two attached hydrogens (primary N) is 2. The molecule has 132 valence electrons. The Morgan fingerprint density at radius 1 is 0.885 bits per heavy atom. The molecular weight excluding hydrogens is 458 g/mol. The van der Waals surface area contributed by atoms with Crippen LogP contribution in [0.4, 0.5) is 17.1 Å². The molecule has 0 spiro atoms. The summed E-state index contributed by atoms with van der Waals surface area (Å²) in [4.78, 5) is 14.9. The van der Waals surface area contributed by atoms with E-state index < -0.39 is 0 Å². The van der Waals surface area contributed by atoms with Crippen LogP contribution < -0.4 is 16.4 Å². The van der Waals surface area contributed by atoms with Gasteiger partial charge in [-0.3, -0.25) is 4.79 Å². The summed E-state index contributed by atoms with van der Waals surface area (Å²) in [6, 6.07) is 20.4. The van der Waals surface area contributed by atoms with Crippen molar-refractivity contribution in [2.45, 2.75) is 6.54 Å². The Labute approximate surface area is 169 Å². The minimum Gasteiger partial charge on any atom is -0.399 e. The van der Waals surface area contributed by atoms with Gasteiger partial charge in [-0.05, 0) is 54.1 Å². The number of rotatable bonds is 4. The van der Waals surface area contributed by atoms with E-state index in [1.54, 1.807) is 23.1 Å². The van der Waals surface area contributed by atoms with E-state index in [-0.39, 0.29) is 5.91 Å². The molecule has 3 aromatic carbocycles. The van der Waals surface area contributed by atoms with E-state index in [9.17, 15) is 4.79 Å². The second-order valence-electron chi connectivity index (χ2n) is 5.85. The van der Waals surface area contributed by atoms with Crippen LogP contribution in [0.5, 0.6) is 0 Å². The van der Waals surface area contributed by atoms with E-state index >= 15 is 0 Å². The van der Waals surface area contributed by atoms with Crippen molar-refractivity contribution in [3.63, 3.8) is 0 Å². The summed E-state index contributed by atoms with van der Waals surface area (Å²) in [5.74, 6) is -0.165. The smallest absolute Gasteiger partial charge is 0.258 e. The SMILES string of the molecule is Nc1cc(N)cc(C(=O)N(Cc2ccccc2Br)c2ccc(Br)cc2)c1. The molecule has 26 heavy (non-hydrogen) atoms. The molecule has 0 aromatic heterocycles. The zero-order valence-corrected chi connectivity index (χ0v) is 17.0. The van der Waals surface area contributed by atoms with Crippen molar-refractivity contribution in [1.29, 1.82) is 0 Å². The number of carbonyl (C=O) groups excluding carboxylic acids is 1. The second-order valence-corrected chi connectivity index (χ2v) is 7.62. The lowest BCUT2D eigenvalue weighted by Crippen LogP contribution is -2.30. The maximum Gasteiger partial charge on any atom is 0.258 e. The molecule has 0 fully saturated rings. The number of anilines is 3. The van der Waals surface area contributed by atoms with Gasteiger partial charge >= 0.3 is 0 Å². The molecule has 0 atom stereocenters. The second kappa shape index (κ2) is 7.93. The first-order valence-electron chi connectivity index (χ1n) is 7.91. The lowest BCUT2D eigenvalue weighted by molar-refractivity contribution is 0.0985. The van der Waals surface area contributed by atoms with Gasteiger partial charge in [0.05, 0.1) is 6.54 Å². The third-order valence-electron chi connectivity index (χ3n) is 3.89. The van der Waals surface area contributed by atoms with E-state index in [0.717, 1.165) is 20.2 Å². The van der Waals surface area contributed by atoms with Crippen LogP contribution in [-0.2, 0) is 6.54 Å². The van der Waals surface area contributed by atoms with Gasteiger partial charge in [-0.2, -0.15) is 0 Å². The van der Waals surface area contributed by atoms with Gasteiger partial charge in [0.1, 0.15) is 0 Å². The summed E-state index contributed by atoms with van der Waals surface area (Å²) in [6.07, 6.45) is 0. The largest absolute Gasteiger partial charge is 0.399 e. The zero-order valence-electron chi connectivity index (χ0n) is 13.8. The Morgan fingerprint density at radius 3 is 2.12 bits per heavy atom. The Kier molecular flexibility index (Phi) is 5.64. The van der Waals surface area contributed by atoms with E-state index in [2.05, 4.69) is 31.9 Å². The van der Waals surface area contributed by atoms with Crippen molar-refractivity contribution in [2.75, 3.05) is 16.4 Å². The molecule has 0 bridgehead atoms. The van der Waals surface area contributed by atoms with Crippen LogP contribution in [0.25, 0.3) is 0 Å². The third-order valence-corrected chi connectivity index (χ3v) is 5.20. The normalized spacial score (nSPS) is 10.5. The quantitative estimate of drug-likeness (QED) is 0.509. The molecule has 6 heteroatoms. The molecule has 0 unspecified atom stereocenters. The molecule has 0 aliphatic carbocycles. The Balaban J connectivity index is 2.03. The van der Waals surface area contributed by atoms with E-state index in [1.165, 1.54) is 0 Å². The van der Waals surface area contributed by atoms with Crippen molar-refractivity contribution in [3.8, 4) is 0 Å². The number of hydrogen-bond donors (Lipinski definition) is 2. The van der Waals surface area contributed by atoms with Crippen LogP contribution >= 0.6 is 31.9 Å². The Hall–Kier alpha value is -2.31. The van der Waals surface area contributed by atoms with Gasteiger partial charge in [0.15, 0.2) is 0 Å². The molecule has 4 nitrogen and oxygen atoms in total. The molecule has 0 aliphatic rings. The van der Waals surface area contributed by atoms with Gasteiger partial charge in [0.2, 0.25) is 0 Å². The number of nitrogen functional groups attached to an aromatic ring is 2. The van der Waals surface area contributed by atoms with Gasteiger partial charge < -0.3 is 16.4 Å². The number of hydrogen-bond acceptors (Lipinski definition) is 3. The fourth-order valence-electron chi connectivity index (χ4n) is 2.65. The predicted molar refractivity (Wildman–Crippen MR) is 114 cm³/mol. The lowest BCUT2D eigenvalue weighted by atomic mass is 10.1. The molecule has 0 saturated carbocycles. The van der Waals surface area contributed by atoms with Crippen molar-refractivity contribution in [3.05, 3.63) is 86.8 Å². The molecule has 0 heterocycles. The molecular formula is C20H17Br2N3O. The summed E-state index contributed by atoms with van der Waals surface area (Å²) in [6.45, 7) is 0.413. The average Bonchev–Trinajstić information content (AvgIpc) is 2.61. The van der Waals surface area contributed by atoms with E-state index in [4.69, 9.17) is 11.5 Å². The minimum atomic E-state index is -0.165. The highest BCUT2D eigenvalue weighted by Crippen LogP contribution is 2.26. The fourth-order valence-corrected chi connectivity index (χ4v) is 3.33. The average molecular weight is 475 g/mol. The molecule has 4 N–H and O–H groups in total. The first kappa shape index (κ1) is 18.5. The molecule has 3 rings (SSSR count). The van der Waals surface area contributed by atoms with Crippen LogP contribution in [0, 0.1) is 0 Å². The van der Waals surface area contributed by atoms with Crippen molar-refractivity contribution in [1.82, 2.24) is 0 Å².